The van der Waals surface area contributed by atoms with Crippen molar-refractivity contribution in [1.29, 1.82) is 5.26 Å². The Kier molecular flexibility index (Phi) is 4.13. The highest BCUT2D eigenvalue weighted by molar-refractivity contribution is 9.10. The second kappa shape index (κ2) is 5.19. The number of anilines is 1. The summed E-state index contributed by atoms with van der Waals surface area (Å²) in [7, 11) is 0. The minimum atomic E-state index is -0.327. The van der Waals surface area contributed by atoms with Crippen LogP contribution in [0.15, 0.2) is 22.7 Å². The molecule has 0 aromatic heterocycles. The molecule has 1 aromatic carbocycles. The molecule has 0 saturated heterocycles. The second-order valence-electron chi connectivity index (χ2n) is 4.63. The van der Waals surface area contributed by atoms with Crippen LogP contribution >= 0.6 is 15.9 Å². The third-order valence-corrected chi connectivity index (χ3v) is 2.33. The summed E-state index contributed by atoms with van der Waals surface area (Å²) < 4.78 is 0.808. The van der Waals surface area contributed by atoms with Crippen LogP contribution in [0.4, 0.5) is 10.5 Å². The number of carbonyl (C=O) groups excluding carboxylic acids is 1. The Morgan fingerprint density at radius 3 is 2.59 bits per heavy atom. The smallest absolute Gasteiger partial charge is 0.319 e. The summed E-state index contributed by atoms with van der Waals surface area (Å²) in [6.45, 7) is 5.66. The Bertz CT molecular complexity index is 472. The van der Waals surface area contributed by atoms with Crippen molar-refractivity contribution in [1.82, 2.24) is 5.32 Å². The lowest BCUT2D eigenvalue weighted by molar-refractivity contribution is 0.244. The lowest BCUT2D eigenvalue weighted by atomic mass is 10.1. The van der Waals surface area contributed by atoms with Gasteiger partial charge in [0.2, 0.25) is 0 Å². The number of carbonyl (C=O) groups is 1. The van der Waals surface area contributed by atoms with Crippen LogP contribution in [0.2, 0.25) is 0 Å². The number of urea groups is 1. The molecule has 0 fully saturated rings. The van der Waals surface area contributed by atoms with Gasteiger partial charge in [-0.1, -0.05) is 15.9 Å². The standard InChI is InChI=1S/C12H14BrN3O/c1-12(2,3)16-11(17)15-10-6-9(13)5-4-8(10)7-14/h4-6H,1-3H3,(H2,15,16,17). The molecule has 0 spiro atoms. The number of hydrogen-bond donors (Lipinski definition) is 2. The van der Waals surface area contributed by atoms with E-state index in [1.165, 1.54) is 0 Å². The van der Waals surface area contributed by atoms with E-state index in [2.05, 4.69) is 26.6 Å². The van der Waals surface area contributed by atoms with Gasteiger partial charge in [0.15, 0.2) is 0 Å². The van der Waals surface area contributed by atoms with Crippen LogP contribution in [0.3, 0.4) is 0 Å². The molecule has 1 aromatic rings. The molecule has 0 radical (unpaired) electrons. The summed E-state index contributed by atoms with van der Waals surface area (Å²) in [4.78, 5) is 11.7. The third-order valence-electron chi connectivity index (χ3n) is 1.84. The molecule has 0 unspecified atom stereocenters. The van der Waals surface area contributed by atoms with Crippen molar-refractivity contribution in [3.63, 3.8) is 0 Å². The summed E-state index contributed by atoms with van der Waals surface area (Å²) in [5, 5.41) is 14.3. The molecule has 1 rings (SSSR count). The van der Waals surface area contributed by atoms with Crippen LogP contribution in [0.1, 0.15) is 26.3 Å². The molecule has 0 heterocycles. The maximum Gasteiger partial charge on any atom is 0.319 e. The zero-order valence-corrected chi connectivity index (χ0v) is 11.6. The number of rotatable bonds is 1. The van der Waals surface area contributed by atoms with Crippen LogP contribution in [0.25, 0.3) is 0 Å². The van der Waals surface area contributed by atoms with Gasteiger partial charge in [-0.2, -0.15) is 5.26 Å². The normalized spacial score (nSPS) is 10.5. The summed E-state index contributed by atoms with van der Waals surface area (Å²) in [5.74, 6) is 0. The molecule has 0 saturated carbocycles. The Morgan fingerprint density at radius 2 is 2.06 bits per heavy atom. The first-order chi connectivity index (χ1) is 7.81. The molecule has 17 heavy (non-hydrogen) atoms. The quantitative estimate of drug-likeness (QED) is 0.835. The number of amides is 2. The average molecular weight is 296 g/mol. The first-order valence-electron chi connectivity index (χ1n) is 5.10. The van der Waals surface area contributed by atoms with Crippen LogP contribution in [-0.2, 0) is 0 Å². The number of nitriles is 1. The fourth-order valence-electron chi connectivity index (χ4n) is 1.21. The Hall–Kier alpha value is -1.54. The molecular weight excluding hydrogens is 282 g/mol. The van der Waals surface area contributed by atoms with E-state index in [0.29, 0.717) is 11.3 Å². The van der Waals surface area contributed by atoms with E-state index in [1.807, 2.05) is 26.8 Å². The molecule has 0 aliphatic rings. The fourth-order valence-corrected chi connectivity index (χ4v) is 1.57. The molecule has 4 nitrogen and oxygen atoms in total. The fraction of sp³-hybridized carbons (Fsp3) is 0.333. The van der Waals surface area contributed by atoms with E-state index in [1.54, 1.807) is 18.2 Å². The van der Waals surface area contributed by atoms with Crippen molar-refractivity contribution in [2.45, 2.75) is 26.3 Å². The third kappa shape index (κ3) is 4.45. The molecule has 0 aliphatic heterocycles. The monoisotopic (exact) mass is 295 g/mol. The van der Waals surface area contributed by atoms with E-state index in [4.69, 9.17) is 5.26 Å². The van der Waals surface area contributed by atoms with E-state index < -0.39 is 0 Å². The lowest BCUT2D eigenvalue weighted by Crippen LogP contribution is -2.43. The number of nitrogens with one attached hydrogen (secondary N) is 2. The van der Waals surface area contributed by atoms with Gasteiger partial charge in [0.1, 0.15) is 6.07 Å². The second-order valence-corrected chi connectivity index (χ2v) is 5.55. The lowest BCUT2D eigenvalue weighted by Gasteiger charge is -2.21. The average Bonchev–Trinajstić information content (AvgIpc) is 2.14. The molecule has 0 bridgehead atoms. The highest BCUT2D eigenvalue weighted by Crippen LogP contribution is 2.20. The number of benzene rings is 1. The van der Waals surface area contributed by atoms with E-state index in [9.17, 15) is 4.79 Å². The van der Waals surface area contributed by atoms with Crippen molar-refractivity contribution < 1.29 is 4.79 Å². The molecule has 2 N–H and O–H groups in total. The Balaban J connectivity index is 2.85. The summed E-state index contributed by atoms with van der Waals surface area (Å²) in [6, 6.07) is 6.80. The molecular formula is C12H14BrN3O. The predicted molar refractivity (Wildman–Crippen MR) is 70.8 cm³/mol. The molecule has 5 heteroatoms. The van der Waals surface area contributed by atoms with Crippen LogP contribution in [0.5, 0.6) is 0 Å². The highest BCUT2D eigenvalue weighted by Gasteiger charge is 2.14. The van der Waals surface area contributed by atoms with Crippen molar-refractivity contribution in [3.05, 3.63) is 28.2 Å². The van der Waals surface area contributed by atoms with Gasteiger partial charge in [-0.3, -0.25) is 0 Å². The Morgan fingerprint density at radius 1 is 1.41 bits per heavy atom. The van der Waals surface area contributed by atoms with Gasteiger partial charge in [-0.15, -0.1) is 0 Å². The number of nitrogens with zero attached hydrogens (tertiary/aromatic N) is 1. The van der Waals surface area contributed by atoms with Gasteiger partial charge in [0.05, 0.1) is 11.3 Å². The van der Waals surface area contributed by atoms with Crippen LogP contribution in [0, 0.1) is 11.3 Å². The largest absolute Gasteiger partial charge is 0.333 e. The molecule has 90 valence electrons. The Labute approximate surface area is 109 Å². The summed E-state index contributed by atoms with van der Waals surface area (Å²) in [5.41, 5.74) is 0.601. The number of halogens is 1. The van der Waals surface area contributed by atoms with Gasteiger partial charge in [-0.05, 0) is 39.0 Å². The summed E-state index contributed by atoms with van der Waals surface area (Å²) in [6.07, 6.45) is 0. The first-order valence-corrected chi connectivity index (χ1v) is 5.90. The first kappa shape index (κ1) is 13.5. The van der Waals surface area contributed by atoms with E-state index in [0.717, 1.165) is 4.47 Å². The molecule has 2 amide bonds. The minimum Gasteiger partial charge on any atom is -0.333 e. The highest BCUT2D eigenvalue weighted by atomic mass is 79.9. The van der Waals surface area contributed by atoms with Crippen molar-refractivity contribution in [3.8, 4) is 6.07 Å². The van der Waals surface area contributed by atoms with Gasteiger partial charge < -0.3 is 10.6 Å². The minimum absolute atomic E-state index is 0.317. The SMILES string of the molecule is CC(C)(C)NC(=O)Nc1cc(Br)ccc1C#N. The van der Waals surface area contributed by atoms with Gasteiger partial charge in [0, 0.05) is 10.0 Å². The van der Waals surface area contributed by atoms with Gasteiger partial charge in [0.25, 0.3) is 0 Å². The van der Waals surface area contributed by atoms with Crippen molar-refractivity contribution in [2.75, 3.05) is 5.32 Å². The van der Waals surface area contributed by atoms with Crippen molar-refractivity contribution >= 4 is 27.6 Å². The molecule has 0 aliphatic carbocycles. The van der Waals surface area contributed by atoms with Gasteiger partial charge >= 0.3 is 6.03 Å². The zero-order chi connectivity index (χ0) is 13.1. The maximum atomic E-state index is 11.7. The molecule has 0 atom stereocenters. The van der Waals surface area contributed by atoms with E-state index in [-0.39, 0.29) is 11.6 Å². The number of hydrogen-bond acceptors (Lipinski definition) is 2. The van der Waals surface area contributed by atoms with Crippen molar-refractivity contribution in [2.24, 2.45) is 0 Å². The maximum absolute atomic E-state index is 11.7. The van der Waals surface area contributed by atoms with Crippen LogP contribution < -0.4 is 10.6 Å². The topological polar surface area (TPSA) is 64.9 Å². The van der Waals surface area contributed by atoms with Gasteiger partial charge in [-0.25, -0.2) is 4.79 Å². The van der Waals surface area contributed by atoms with Crippen LogP contribution in [-0.4, -0.2) is 11.6 Å². The summed E-state index contributed by atoms with van der Waals surface area (Å²) >= 11 is 3.30. The zero-order valence-electron chi connectivity index (χ0n) is 9.97. The predicted octanol–water partition coefficient (Wildman–Crippen LogP) is 3.24. The van der Waals surface area contributed by atoms with E-state index >= 15 is 0 Å².